The van der Waals surface area contributed by atoms with Crippen molar-refractivity contribution in [1.82, 2.24) is 0 Å². The van der Waals surface area contributed by atoms with E-state index in [1.54, 1.807) is 6.92 Å². The second kappa shape index (κ2) is 12.7. The number of hydrogen-bond acceptors (Lipinski definition) is 3. The molecule has 1 atom stereocenters. The maximum Gasteiger partial charge on any atom is 0.333 e. The van der Waals surface area contributed by atoms with Crippen LogP contribution in [-0.4, -0.2) is 30.4 Å². The van der Waals surface area contributed by atoms with Crippen molar-refractivity contribution >= 4 is 67.1 Å². The van der Waals surface area contributed by atoms with Gasteiger partial charge in [-0.3, -0.25) is 0 Å². The highest BCUT2D eigenvalue weighted by molar-refractivity contribution is 14.1. The van der Waals surface area contributed by atoms with Crippen molar-refractivity contribution in [1.29, 1.82) is 0 Å². The molecule has 30 heavy (non-hydrogen) atoms. The molecular formula is C23H21BrI2O4. The van der Waals surface area contributed by atoms with E-state index in [1.165, 1.54) is 0 Å². The highest BCUT2D eigenvalue weighted by Gasteiger charge is 2.18. The third kappa shape index (κ3) is 8.57. The van der Waals surface area contributed by atoms with Gasteiger partial charge < -0.3 is 14.6 Å². The van der Waals surface area contributed by atoms with Gasteiger partial charge in [-0.2, -0.15) is 0 Å². The highest BCUT2D eigenvalue weighted by Crippen LogP contribution is 2.27. The van der Waals surface area contributed by atoms with Gasteiger partial charge in [0.1, 0.15) is 12.4 Å². The average molecular weight is 695 g/mol. The number of hydrogen-bond donors (Lipinski definition) is 1. The maximum absolute atomic E-state index is 11.2. The Hall–Kier alpha value is -1.09. The van der Waals surface area contributed by atoms with Gasteiger partial charge in [-0.05, 0) is 123 Å². The maximum atomic E-state index is 11.2. The lowest BCUT2D eigenvalue weighted by Crippen LogP contribution is -2.26. The van der Waals surface area contributed by atoms with E-state index in [1.807, 2.05) is 31.2 Å². The van der Waals surface area contributed by atoms with Gasteiger partial charge in [0.05, 0.1) is 4.47 Å². The number of allylic oxidation sites excluding steroid dienone is 1. The number of benzene rings is 2. The quantitative estimate of drug-likeness (QED) is 0.270. The Labute approximate surface area is 212 Å². The normalized spacial score (nSPS) is 12.1. The first-order chi connectivity index (χ1) is 14.3. The molecule has 0 heterocycles. The minimum Gasteiger partial charge on any atom is -0.488 e. The van der Waals surface area contributed by atoms with E-state index in [-0.39, 0.29) is 0 Å². The van der Waals surface area contributed by atoms with Crippen molar-refractivity contribution in [2.45, 2.75) is 26.4 Å². The summed E-state index contributed by atoms with van der Waals surface area (Å²) in [7, 11) is 0. The average Bonchev–Trinajstić information content (AvgIpc) is 2.67. The number of ether oxygens (including phenoxy) is 2. The minimum absolute atomic E-state index is 0.300. The molecule has 0 fully saturated rings. The van der Waals surface area contributed by atoms with Crippen LogP contribution < -0.4 is 4.74 Å². The van der Waals surface area contributed by atoms with Crippen LogP contribution in [0.1, 0.15) is 25.0 Å². The second-order valence-corrected chi connectivity index (χ2v) is 9.70. The van der Waals surface area contributed by atoms with Gasteiger partial charge in [-0.1, -0.05) is 17.9 Å². The van der Waals surface area contributed by atoms with E-state index in [2.05, 4.69) is 91.2 Å². The van der Waals surface area contributed by atoms with Crippen molar-refractivity contribution in [2.75, 3.05) is 13.2 Å². The molecule has 158 valence electrons. The van der Waals surface area contributed by atoms with E-state index in [0.29, 0.717) is 25.4 Å². The van der Waals surface area contributed by atoms with Gasteiger partial charge in [0, 0.05) is 25.7 Å². The van der Waals surface area contributed by atoms with Gasteiger partial charge in [-0.15, -0.1) is 0 Å². The number of aliphatic carboxylic acids is 1. The Bertz CT molecular complexity index is 972. The summed E-state index contributed by atoms with van der Waals surface area (Å²) in [5.41, 5.74) is 2.78. The summed E-state index contributed by atoms with van der Waals surface area (Å²) >= 11 is 8.07. The lowest BCUT2D eigenvalue weighted by atomic mass is 10.1. The molecule has 0 radical (unpaired) electrons. The summed E-state index contributed by atoms with van der Waals surface area (Å²) in [6.07, 6.45) is 1.38. The van der Waals surface area contributed by atoms with Crippen molar-refractivity contribution in [3.63, 3.8) is 0 Å². The summed E-state index contributed by atoms with van der Waals surface area (Å²) in [6, 6.07) is 11.7. The van der Waals surface area contributed by atoms with Crippen LogP contribution in [0.5, 0.6) is 5.75 Å². The molecule has 7 heteroatoms. The van der Waals surface area contributed by atoms with Crippen LogP contribution in [0.2, 0.25) is 0 Å². The van der Waals surface area contributed by atoms with Crippen molar-refractivity contribution in [3.8, 4) is 17.6 Å². The van der Waals surface area contributed by atoms with Gasteiger partial charge in [0.25, 0.3) is 0 Å². The molecule has 0 aliphatic heterocycles. The van der Waals surface area contributed by atoms with Crippen LogP contribution in [0.25, 0.3) is 0 Å². The third-order valence-corrected chi connectivity index (χ3v) is 5.82. The fourth-order valence-corrected chi connectivity index (χ4v) is 5.00. The molecule has 0 aliphatic carbocycles. The first kappa shape index (κ1) is 25.2. The third-order valence-electron chi connectivity index (χ3n) is 3.96. The van der Waals surface area contributed by atoms with Gasteiger partial charge in [0.15, 0.2) is 6.10 Å². The molecule has 4 nitrogen and oxygen atoms in total. The Kier molecular flexibility index (Phi) is 10.6. The summed E-state index contributed by atoms with van der Waals surface area (Å²) in [5, 5.41) is 9.22. The van der Waals surface area contributed by atoms with Crippen molar-refractivity contribution in [3.05, 3.63) is 70.8 Å². The van der Waals surface area contributed by atoms with Crippen LogP contribution >= 0.6 is 61.1 Å². The Balaban J connectivity index is 1.97. The number of carboxylic acids is 1. The molecule has 0 aliphatic rings. The smallest absolute Gasteiger partial charge is 0.333 e. The minimum atomic E-state index is -0.963. The Morgan fingerprint density at radius 3 is 2.53 bits per heavy atom. The first-order valence-electron chi connectivity index (χ1n) is 9.19. The monoisotopic (exact) mass is 694 g/mol. The molecule has 1 N–H and O–H groups in total. The SMILES string of the molecule is CCO[C@@H](Cc1ccc(OCC=C(C)C#Cc2cc(I)cc(I)c2)c(Br)c1)C(=O)O. The van der Waals surface area contributed by atoms with Crippen LogP contribution in [0.15, 0.2) is 52.5 Å². The zero-order valence-electron chi connectivity index (χ0n) is 16.5. The zero-order chi connectivity index (χ0) is 22.1. The molecule has 0 unspecified atom stereocenters. The number of halogens is 3. The van der Waals surface area contributed by atoms with E-state index in [0.717, 1.165) is 28.3 Å². The summed E-state index contributed by atoms with van der Waals surface area (Å²) in [6.45, 7) is 4.48. The van der Waals surface area contributed by atoms with Crippen molar-refractivity contribution in [2.24, 2.45) is 0 Å². The molecule has 2 rings (SSSR count). The number of carbonyl (C=O) groups is 1. The molecule has 0 saturated heterocycles. The zero-order valence-corrected chi connectivity index (χ0v) is 22.4. The Morgan fingerprint density at radius 2 is 1.93 bits per heavy atom. The van der Waals surface area contributed by atoms with Crippen LogP contribution in [0.4, 0.5) is 0 Å². The van der Waals surface area contributed by atoms with Crippen LogP contribution in [-0.2, 0) is 16.0 Å². The molecule has 2 aromatic rings. The predicted molar refractivity (Wildman–Crippen MR) is 139 cm³/mol. The number of carboxylic acid groups (broad SMARTS) is 1. The van der Waals surface area contributed by atoms with Gasteiger partial charge >= 0.3 is 5.97 Å². The Morgan fingerprint density at radius 1 is 1.23 bits per heavy atom. The molecule has 0 amide bonds. The van der Waals surface area contributed by atoms with Gasteiger partial charge in [0.2, 0.25) is 0 Å². The van der Waals surface area contributed by atoms with E-state index < -0.39 is 12.1 Å². The predicted octanol–water partition coefficient (Wildman–Crippen LogP) is 6.07. The summed E-state index contributed by atoms with van der Waals surface area (Å²) in [4.78, 5) is 11.2. The molecule has 0 saturated carbocycles. The molecular weight excluding hydrogens is 674 g/mol. The summed E-state index contributed by atoms with van der Waals surface area (Å²) < 4.78 is 14.2. The van der Waals surface area contributed by atoms with Crippen molar-refractivity contribution < 1.29 is 19.4 Å². The summed E-state index contributed by atoms with van der Waals surface area (Å²) in [5.74, 6) is 6.05. The largest absolute Gasteiger partial charge is 0.488 e. The molecule has 0 bridgehead atoms. The topological polar surface area (TPSA) is 55.8 Å². The standard InChI is InChI=1S/C23H21BrI2O4/c1-3-29-22(23(27)28)13-17-6-7-21(20(24)12-17)30-9-8-15(2)4-5-16-10-18(25)14-19(26)11-16/h6-8,10-12,14,22H,3,9,13H2,1-2H3,(H,27,28)/t22-/m0/s1. The second-order valence-electron chi connectivity index (χ2n) is 6.36. The molecule has 2 aromatic carbocycles. The fourth-order valence-electron chi connectivity index (χ4n) is 2.53. The van der Waals surface area contributed by atoms with E-state index in [9.17, 15) is 9.90 Å². The van der Waals surface area contributed by atoms with Gasteiger partial charge in [-0.25, -0.2) is 4.79 Å². The molecule has 0 aromatic heterocycles. The van der Waals surface area contributed by atoms with Crippen LogP contribution in [0.3, 0.4) is 0 Å². The van der Waals surface area contributed by atoms with E-state index in [4.69, 9.17) is 9.47 Å². The van der Waals surface area contributed by atoms with E-state index >= 15 is 0 Å². The highest BCUT2D eigenvalue weighted by atomic mass is 127. The molecule has 0 spiro atoms. The lowest BCUT2D eigenvalue weighted by Gasteiger charge is -2.13. The number of rotatable bonds is 8. The lowest BCUT2D eigenvalue weighted by molar-refractivity contribution is -0.149. The van der Waals surface area contributed by atoms with Crippen LogP contribution in [0, 0.1) is 19.0 Å². The first-order valence-corrected chi connectivity index (χ1v) is 12.1. The fraction of sp³-hybridized carbons (Fsp3) is 0.261.